The Labute approximate surface area is 311 Å². The molecule has 0 aliphatic carbocycles. The number of carbonyl (C=O) groups is 1. The molecule has 11 nitrogen and oxygen atoms in total. The Bertz CT molecular complexity index is 1950. The van der Waals surface area contributed by atoms with E-state index in [1.807, 2.05) is 30.3 Å². The second-order valence-electron chi connectivity index (χ2n) is 13.9. The lowest BCUT2D eigenvalue weighted by molar-refractivity contribution is 0.0836. The minimum absolute atomic E-state index is 0.0693. The van der Waals surface area contributed by atoms with Crippen LogP contribution in [-0.2, 0) is 30.4 Å². The van der Waals surface area contributed by atoms with Crippen LogP contribution in [0.25, 0.3) is 0 Å². The summed E-state index contributed by atoms with van der Waals surface area (Å²) in [4.78, 5) is 18.2. The van der Waals surface area contributed by atoms with Crippen molar-refractivity contribution in [2.45, 2.75) is 37.8 Å². The van der Waals surface area contributed by atoms with Gasteiger partial charge in [0.25, 0.3) is 5.91 Å². The fourth-order valence-electron chi connectivity index (χ4n) is 7.81. The highest BCUT2D eigenvalue weighted by atomic mass is 16.5. The van der Waals surface area contributed by atoms with Gasteiger partial charge in [-0.15, -0.1) is 0 Å². The van der Waals surface area contributed by atoms with E-state index in [-0.39, 0.29) is 31.2 Å². The Morgan fingerprint density at radius 3 is 2.23 bits per heavy atom. The van der Waals surface area contributed by atoms with Gasteiger partial charge in [-0.1, -0.05) is 18.2 Å². The number of hydrogen-bond acceptors (Lipinski definition) is 10. The van der Waals surface area contributed by atoms with Gasteiger partial charge in [-0.3, -0.25) is 14.6 Å². The Hall–Kier alpha value is -4.81. The molecule has 4 aliphatic rings. The van der Waals surface area contributed by atoms with Crippen LogP contribution >= 0.6 is 0 Å². The van der Waals surface area contributed by atoms with Crippen LogP contribution in [0.15, 0.2) is 60.7 Å². The first-order valence-corrected chi connectivity index (χ1v) is 18.2. The molecule has 4 aromatic carbocycles. The average molecular weight is 724 g/mol. The second-order valence-corrected chi connectivity index (χ2v) is 13.9. The van der Waals surface area contributed by atoms with Crippen molar-refractivity contribution in [3.05, 3.63) is 99.6 Å². The molecule has 0 saturated carbocycles. The number of amides is 1. The van der Waals surface area contributed by atoms with E-state index in [9.17, 15) is 4.79 Å². The molecule has 0 fully saturated rings. The van der Waals surface area contributed by atoms with Gasteiger partial charge in [-0.25, -0.2) is 0 Å². The molecule has 0 saturated heterocycles. The number of likely N-dealkylation sites (N-methyl/N-ethyl adjacent to an activating group) is 2. The van der Waals surface area contributed by atoms with Crippen LogP contribution in [0.1, 0.15) is 55.8 Å². The number of aliphatic hydroxyl groups excluding tert-OH is 1. The summed E-state index contributed by atoms with van der Waals surface area (Å²) in [6, 6.07) is 20.2. The normalized spacial score (nSPS) is 18.2. The fraction of sp³-hybridized carbons (Fsp3) is 0.405. The minimum Gasteiger partial charge on any atom is -0.493 e. The highest BCUT2D eigenvalue weighted by molar-refractivity contribution is 5.97. The number of hydrogen-bond donors (Lipinski definition) is 2. The van der Waals surface area contributed by atoms with E-state index in [1.165, 1.54) is 11.1 Å². The van der Waals surface area contributed by atoms with Crippen molar-refractivity contribution in [3.63, 3.8) is 0 Å². The van der Waals surface area contributed by atoms with Crippen LogP contribution in [0.5, 0.6) is 40.2 Å². The number of methoxy groups -OCH3 is 3. The summed E-state index contributed by atoms with van der Waals surface area (Å²) in [7, 11) is 9.27. The lowest BCUT2D eigenvalue weighted by Gasteiger charge is -2.37. The lowest BCUT2D eigenvalue weighted by atomic mass is 9.87. The van der Waals surface area contributed by atoms with Gasteiger partial charge < -0.3 is 38.8 Å². The van der Waals surface area contributed by atoms with Gasteiger partial charge in [0.1, 0.15) is 11.5 Å². The molecular weight excluding hydrogens is 674 g/mol. The molecule has 0 aromatic heterocycles. The molecular formula is C42H49N3O8. The molecule has 0 radical (unpaired) electrons. The van der Waals surface area contributed by atoms with Crippen molar-refractivity contribution in [2.24, 2.45) is 0 Å². The van der Waals surface area contributed by atoms with Gasteiger partial charge in [0.2, 0.25) is 5.75 Å². The monoisotopic (exact) mass is 723 g/mol. The van der Waals surface area contributed by atoms with Crippen molar-refractivity contribution < 1.29 is 38.3 Å². The summed E-state index contributed by atoms with van der Waals surface area (Å²) in [5.41, 5.74) is 7.16. The number of nitrogens with zero attached hydrogens (tertiary/aromatic N) is 2. The second kappa shape index (κ2) is 16.1. The lowest BCUT2D eigenvalue weighted by Crippen LogP contribution is -2.34. The van der Waals surface area contributed by atoms with E-state index in [0.29, 0.717) is 65.4 Å². The van der Waals surface area contributed by atoms with Crippen molar-refractivity contribution in [3.8, 4) is 40.2 Å². The molecule has 8 rings (SSSR count). The molecule has 2 N–H and O–H groups in total. The van der Waals surface area contributed by atoms with Crippen LogP contribution in [0.2, 0.25) is 0 Å². The number of rotatable bonds is 9. The number of fused-ring (bicyclic) bond motifs is 2. The molecule has 6 bridgehead atoms. The van der Waals surface area contributed by atoms with Crippen LogP contribution in [0.3, 0.4) is 0 Å². The van der Waals surface area contributed by atoms with E-state index in [4.69, 9.17) is 33.5 Å². The predicted octanol–water partition coefficient (Wildman–Crippen LogP) is 5.89. The molecule has 53 heavy (non-hydrogen) atoms. The first-order chi connectivity index (χ1) is 25.8. The predicted molar refractivity (Wildman–Crippen MR) is 201 cm³/mol. The number of nitrogens with one attached hydrogen (secondary N) is 1. The van der Waals surface area contributed by atoms with Crippen molar-refractivity contribution in [2.75, 3.05) is 74.9 Å². The molecule has 4 aliphatic heterocycles. The van der Waals surface area contributed by atoms with Crippen LogP contribution < -0.4 is 29.0 Å². The van der Waals surface area contributed by atoms with E-state index < -0.39 is 0 Å². The Kier molecular flexibility index (Phi) is 11.1. The Balaban J connectivity index is 1.38. The van der Waals surface area contributed by atoms with Gasteiger partial charge in [0.05, 0.1) is 46.7 Å². The average Bonchev–Trinajstić information content (AvgIpc) is 3.17. The quantitative estimate of drug-likeness (QED) is 0.203. The highest BCUT2D eigenvalue weighted by Gasteiger charge is 2.35. The third-order valence-electron chi connectivity index (χ3n) is 10.7. The van der Waals surface area contributed by atoms with Crippen LogP contribution in [0.4, 0.5) is 0 Å². The molecule has 4 heterocycles. The van der Waals surface area contributed by atoms with Crippen LogP contribution in [-0.4, -0.2) is 95.7 Å². The molecule has 11 heteroatoms. The first kappa shape index (κ1) is 36.5. The van der Waals surface area contributed by atoms with E-state index in [2.05, 4.69) is 59.5 Å². The number of carbonyl (C=O) groups excluding carboxylic acids is 1. The molecule has 1 amide bonds. The van der Waals surface area contributed by atoms with Crippen molar-refractivity contribution in [1.29, 1.82) is 0 Å². The summed E-state index contributed by atoms with van der Waals surface area (Å²) in [6.07, 6.45) is 3.09. The summed E-state index contributed by atoms with van der Waals surface area (Å²) >= 11 is 0. The summed E-state index contributed by atoms with van der Waals surface area (Å²) in [5, 5.41) is 12.0. The maximum absolute atomic E-state index is 13.5. The molecule has 2 atom stereocenters. The van der Waals surface area contributed by atoms with E-state index >= 15 is 0 Å². The minimum atomic E-state index is -0.267. The van der Waals surface area contributed by atoms with Gasteiger partial charge in [0, 0.05) is 37.3 Å². The number of aliphatic hydroxyl groups is 1. The maximum atomic E-state index is 13.5. The number of benzene rings is 4. The third-order valence-corrected chi connectivity index (χ3v) is 10.7. The molecule has 280 valence electrons. The maximum Gasteiger partial charge on any atom is 0.255 e. The SMILES string of the molecule is COc1cc2c3cc1Oc1c(OC)c(OC)cc4c1[C@@H](Cc1ccc(C(=O)NCCOCCO)c(c1)Oc1ccc(cc1)C[C@@H]3N(C)CC2)N(C)CC4. The highest BCUT2D eigenvalue weighted by Crippen LogP contribution is 2.52. The zero-order valence-corrected chi connectivity index (χ0v) is 31.2. The van der Waals surface area contributed by atoms with E-state index in [1.54, 1.807) is 21.3 Å². The van der Waals surface area contributed by atoms with Crippen LogP contribution in [0, 0.1) is 0 Å². The smallest absolute Gasteiger partial charge is 0.255 e. The standard InChI is InChI=1S/C42H49N3O8/c1-44-15-12-28-23-36(48-3)37-25-32(28)33(44)20-26-6-9-30(10-7-26)52-35-22-27(8-11-31(35)42(47)43-14-18-51-19-17-46)21-34-39-29(13-16-45(34)2)24-38(49-4)40(50-5)41(39)53-37/h6-11,22-25,33-34,46H,12-21H2,1-5H3,(H,43,47)/t33-,34+/m0/s1. The van der Waals surface area contributed by atoms with Gasteiger partial charge in [-0.05, 0) is 110 Å². The largest absolute Gasteiger partial charge is 0.493 e. The van der Waals surface area contributed by atoms with E-state index in [0.717, 1.165) is 54.6 Å². The van der Waals surface area contributed by atoms with Gasteiger partial charge >= 0.3 is 0 Å². The molecule has 0 spiro atoms. The topological polar surface area (TPSA) is 111 Å². The molecule has 0 unspecified atom stereocenters. The van der Waals surface area contributed by atoms with Gasteiger partial charge in [-0.2, -0.15) is 0 Å². The zero-order chi connectivity index (χ0) is 37.1. The molecule has 4 aromatic rings. The summed E-state index contributed by atoms with van der Waals surface area (Å²) < 4.78 is 36.9. The Morgan fingerprint density at radius 2 is 1.49 bits per heavy atom. The number of ether oxygens (including phenoxy) is 6. The summed E-state index contributed by atoms with van der Waals surface area (Å²) in [6.45, 7) is 2.49. The van der Waals surface area contributed by atoms with Gasteiger partial charge in [0.15, 0.2) is 23.0 Å². The Morgan fingerprint density at radius 1 is 0.792 bits per heavy atom. The summed E-state index contributed by atoms with van der Waals surface area (Å²) in [5.74, 6) is 3.86. The fourth-order valence-corrected chi connectivity index (χ4v) is 7.81. The zero-order valence-electron chi connectivity index (χ0n) is 31.2. The van der Waals surface area contributed by atoms with Crippen molar-refractivity contribution >= 4 is 5.91 Å². The third kappa shape index (κ3) is 7.52. The van der Waals surface area contributed by atoms with Crippen molar-refractivity contribution in [1.82, 2.24) is 15.1 Å². The first-order valence-electron chi connectivity index (χ1n) is 18.2.